The molecule has 0 aromatic heterocycles. The minimum Gasteiger partial charge on any atom is -0.399 e. The Bertz CT molecular complexity index is 607. The molecule has 0 atom stereocenters. The largest absolute Gasteiger partial charge is 0.399 e. The van der Waals surface area contributed by atoms with Crippen molar-refractivity contribution in [3.63, 3.8) is 0 Å². The molecule has 4 heteroatoms. The molecule has 0 unspecified atom stereocenters. The quantitative estimate of drug-likeness (QED) is 0.201. The predicted molar refractivity (Wildman–Crippen MR) is 85.8 cm³/mol. The first-order valence-corrected chi connectivity index (χ1v) is 6.55. The topological polar surface area (TPSA) is 86.2 Å². The van der Waals surface area contributed by atoms with Gasteiger partial charge in [0.1, 0.15) is 6.29 Å². The molecule has 4 nitrogen and oxygen atoms in total. The predicted octanol–water partition coefficient (Wildman–Crippen LogP) is 2.69. The summed E-state index contributed by atoms with van der Waals surface area (Å²) in [6.45, 7) is 9.10. The molecule has 1 aromatic carbocycles. The molecule has 0 spiro atoms. The van der Waals surface area contributed by atoms with E-state index in [0.717, 1.165) is 5.56 Å². The number of aldehydes is 1. The highest BCUT2D eigenvalue weighted by Gasteiger charge is 2.20. The number of ketones is 1. The van der Waals surface area contributed by atoms with Gasteiger partial charge in [-0.1, -0.05) is 24.8 Å². The third-order valence-electron chi connectivity index (χ3n) is 3.19. The Kier molecular flexibility index (Phi) is 5.67. The SMILES string of the molecule is C=CC/C(C(=O)c1c(C)cccc1N)=C(/CC=O)C(=C)N. The summed E-state index contributed by atoms with van der Waals surface area (Å²) in [5, 5.41) is 0. The lowest BCUT2D eigenvalue weighted by atomic mass is 9.90. The Morgan fingerprint density at radius 1 is 1.29 bits per heavy atom. The van der Waals surface area contributed by atoms with Gasteiger partial charge in [0.2, 0.25) is 0 Å². The number of carbonyl (C=O) groups excluding carboxylic acids is 2. The van der Waals surface area contributed by atoms with Crippen molar-refractivity contribution in [2.45, 2.75) is 19.8 Å². The molecule has 0 heterocycles. The lowest BCUT2D eigenvalue weighted by Gasteiger charge is -2.14. The number of benzene rings is 1. The summed E-state index contributed by atoms with van der Waals surface area (Å²) >= 11 is 0. The van der Waals surface area contributed by atoms with Crippen molar-refractivity contribution in [3.05, 3.63) is 65.4 Å². The van der Waals surface area contributed by atoms with Gasteiger partial charge in [-0.25, -0.2) is 0 Å². The van der Waals surface area contributed by atoms with Crippen LogP contribution in [-0.2, 0) is 4.79 Å². The number of nitrogens with two attached hydrogens (primary N) is 2. The number of Topliss-reactive ketones (excluding diaryl/α,β-unsaturated/α-hetero) is 1. The number of hydrogen-bond acceptors (Lipinski definition) is 4. The normalized spacial score (nSPS) is 11.5. The van der Waals surface area contributed by atoms with Crippen molar-refractivity contribution >= 4 is 17.8 Å². The Balaban J connectivity index is 3.50. The van der Waals surface area contributed by atoms with Gasteiger partial charge in [0, 0.05) is 28.9 Å². The van der Waals surface area contributed by atoms with Crippen LogP contribution in [0.15, 0.2) is 54.3 Å². The molecule has 21 heavy (non-hydrogen) atoms. The highest BCUT2D eigenvalue weighted by Crippen LogP contribution is 2.26. The Labute approximate surface area is 124 Å². The average molecular weight is 284 g/mol. The van der Waals surface area contributed by atoms with E-state index in [1.165, 1.54) is 0 Å². The zero-order chi connectivity index (χ0) is 16.0. The summed E-state index contributed by atoms with van der Waals surface area (Å²) in [4.78, 5) is 23.6. The van der Waals surface area contributed by atoms with Gasteiger partial charge >= 0.3 is 0 Å². The van der Waals surface area contributed by atoms with Gasteiger partial charge in [0.25, 0.3) is 0 Å². The Morgan fingerprint density at radius 3 is 2.43 bits per heavy atom. The van der Waals surface area contributed by atoms with Gasteiger partial charge in [0.05, 0.1) is 0 Å². The fourth-order valence-corrected chi connectivity index (χ4v) is 2.18. The van der Waals surface area contributed by atoms with Crippen LogP contribution < -0.4 is 11.5 Å². The fourth-order valence-electron chi connectivity index (χ4n) is 2.18. The molecule has 4 N–H and O–H groups in total. The van der Waals surface area contributed by atoms with Crippen LogP contribution in [0.4, 0.5) is 5.69 Å². The number of rotatable bonds is 7. The van der Waals surface area contributed by atoms with Crippen molar-refractivity contribution in [3.8, 4) is 0 Å². The summed E-state index contributed by atoms with van der Waals surface area (Å²) in [7, 11) is 0. The van der Waals surface area contributed by atoms with Gasteiger partial charge in [-0.2, -0.15) is 0 Å². The first-order chi connectivity index (χ1) is 9.93. The van der Waals surface area contributed by atoms with Crippen molar-refractivity contribution in [1.82, 2.24) is 0 Å². The van der Waals surface area contributed by atoms with Gasteiger partial charge in [-0.05, 0) is 30.5 Å². The molecule has 0 radical (unpaired) electrons. The molecule has 110 valence electrons. The first-order valence-electron chi connectivity index (χ1n) is 6.55. The first kappa shape index (κ1) is 16.4. The van der Waals surface area contributed by atoms with Crippen LogP contribution in [0.1, 0.15) is 28.8 Å². The van der Waals surface area contributed by atoms with Gasteiger partial charge in [-0.15, -0.1) is 6.58 Å². The highest BCUT2D eigenvalue weighted by molar-refractivity contribution is 6.13. The van der Waals surface area contributed by atoms with E-state index in [0.29, 0.717) is 35.1 Å². The van der Waals surface area contributed by atoms with Gasteiger partial charge < -0.3 is 16.3 Å². The van der Waals surface area contributed by atoms with E-state index >= 15 is 0 Å². The molecular weight excluding hydrogens is 264 g/mol. The van der Waals surface area contributed by atoms with Gasteiger partial charge in [-0.3, -0.25) is 4.79 Å². The van der Waals surface area contributed by atoms with Crippen LogP contribution in [0.25, 0.3) is 0 Å². The monoisotopic (exact) mass is 284 g/mol. The average Bonchev–Trinajstić information content (AvgIpc) is 2.42. The zero-order valence-corrected chi connectivity index (χ0v) is 12.2. The van der Waals surface area contributed by atoms with Crippen LogP contribution in [0.5, 0.6) is 0 Å². The van der Waals surface area contributed by atoms with Crippen LogP contribution in [-0.4, -0.2) is 12.1 Å². The molecule has 0 fully saturated rings. The summed E-state index contributed by atoms with van der Waals surface area (Å²) in [5.41, 5.74) is 14.3. The number of anilines is 1. The third-order valence-corrected chi connectivity index (χ3v) is 3.19. The van der Waals surface area contributed by atoms with Crippen LogP contribution in [0.2, 0.25) is 0 Å². The highest BCUT2D eigenvalue weighted by atomic mass is 16.1. The third kappa shape index (κ3) is 3.69. The molecule has 1 rings (SSSR count). The molecule has 0 amide bonds. The summed E-state index contributed by atoms with van der Waals surface area (Å²) in [5.74, 6) is -0.242. The minimum absolute atomic E-state index is 0.0377. The number of hydrogen-bond donors (Lipinski definition) is 2. The molecule has 0 bridgehead atoms. The van der Waals surface area contributed by atoms with Crippen molar-refractivity contribution in [2.75, 3.05) is 5.73 Å². The van der Waals surface area contributed by atoms with E-state index in [-0.39, 0.29) is 17.9 Å². The smallest absolute Gasteiger partial charge is 0.192 e. The second kappa shape index (κ2) is 7.24. The van der Waals surface area contributed by atoms with Gasteiger partial charge in [0.15, 0.2) is 5.78 Å². The maximum atomic E-state index is 12.8. The molecule has 0 aliphatic carbocycles. The standard InChI is InChI=1S/C17H20N2O2/c1-4-6-14(13(9-10-20)12(3)18)17(21)16-11(2)7-5-8-15(16)19/h4-5,7-8,10H,1,3,6,9,18-19H2,2H3/b14-13+. The van der Waals surface area contributed by atoms with E-state index in [1.807, 2.05) is 13.0 Å². The lowest BCUT2D eigenvalue weighted by Crippen LogP contribution is -2.14. The Hall–Kier alpha value is -2.62. The van der Waals surface area contributed by atoms with Crippen LogP contribution in [0.3, 0.4) is 0 Å². The molecule has 0 saturated heterocycles. The Morgan fingerprint density at radius 2 is 1.95 bits per heavy atom. The van der Waals surface area contributed by atoms with E-state index in [1.54, 1.807) is 18.2 Å². The van der Waals surface area contributed by atoms with Crippen LogP contribution >= 0.6 is 0 Å². The molecule has 0 aliphatic rings. The van der Waals surface area contributed by atoms with Crippen molar-refractivity contribution < 1.29 is 9.59 Å². The zero-order valence-electron chi connectivity index (χ0n) is 12.2. The van der Waals surface area contributed by atoms with Crippen molar-refractivity contribution in [1.29, 1.82) is 0 Å². The maximum Gasteiger partial charge on any atom is 0.192 e. The second-order valence-corrected chi connectivity index (χ2v) is 4.71. The molecular formula is C17H20N2O2. The van der Waals surface area contributed by atoms with Crippen molar-refractivity contribution in [2.24, 2.45) is 5.73 Å². The summed E-state index contributed by atoms with van der Waals surface area (Å²) < 4.78 is 0. The minimum atomic E-state index is -0.242. The molecule has 0 saturated carbocycles. The van der Waals surface area contributed by atoms with E-state index in [4.69, 9.17) is 11.5 Å². The second-order valence-electron chi connectivity index (χ2n) is 4.71. The van der Waals surface area contributed by atoms with Crippen LogP contribution in [0, 0.1) is 6.92 Å². The summed E-state index contributed by atoms with van der Waals surface area (Å²) in [6, 6.07) is 5.26. The summed E-state index contributed by atoms with van der Waals surface area (Å²) in [6.07, 6.45) is 2.63. The number of nitrogen functional groups attached to an aromatic ring is 1. The number of aryl methyl sites for hydroxylation is 1. The molecule has 1 aromatic rings. The number of carbonyl (C=O) groups is 2. The van der Waals surface area contributed by atoms with E-state index < -0.39 is 0 Å². The fraction of sp³-hybridized carbons (Fsp3) is 0.176. The van der Waals surface area contributed by atoms with E-state index in [9.17, 15) is 9.59 Å². The number of allylic oxidation sites excluding steroid dienone is 3. The molecule has 0 aliphatic heterocycles. The lowest BCUT2D eigenvalue weighted by molar-refractivity contribution is -0.107. The van der Waals surface area contributed by atoms with E-state index in [2.05, 4.69) is 13.2 Å². The maximum absolute atomic E-state index is 12.8.